The van der Waals surface area contributed by atoms with Crippen molar-refractivity contribution in [3.8, 4) is 0 Å². The fraction of sp³-hybridized carbons (Fsp3) is 0.444. The van der Waals surface area contributed by atoms with Gasteiger partial charge in [-0.3, -0.25) is 0 Å². The Morgan fingerprint density at radius 3 is 2.21 bits per heavy atom. The number of hydrogen-bond acceptors (Lipinski definition) is 6. The molecule has 0 saturated carbocycles. The number of esters is 1. The van der Waals surface area contributed by atoms with Gasteiger partial charge in [0.25, 0.3) is 0 Å². The van der Waals surface area contributed by atoms with Gasteiger partial charge < -0.3 is 20.1 Å². The molecular weight excluding hydrogens is 273 g/mol. The molecule has 0 aromatic carbocycles. The minimum Gasteiger partial charge on any atom is -0.475 e. The van der Waals surface area contributed by atoms with Gasteiger partial charge in [0.2, 0.25) is 5.88 Å². The number of carbonyl (C=O) groups is 2. The summed E-state index contributed by atoms with van der Waals surface area (Å²) in [7, 11) is 0. The molecule has 0 fully saturated rings. The maximum Gasteiger partial charge on any atom is 0.490 e. The van der Waals surface area contributed by atoms with Crippen molar-refractivity contribution in [2.24, 2.45) is 0 Å². The van der Waals surface area contributed by atoms with Crippen molar-refractivity contribution in [2.75, 3.05) is 12.3 Å². The number of carbonyl (C=O) groups excluding carboxylic acids is 1. The largest absolute Gasteiger partial charge is 0.490 e. The van der Waals surface area contributed by atoms with Crippen LogP contribution in [0, 0.1) is 6.92 Å². The van der Waals surface area contributed by atoms with Gasteiger partial charge in [-0.2, -0.15) is 13.2 Å². The van der Waals surface area contributed by atoms with E-state index in [1.54, 1.807) is 13.8 Å². The molecule has 0 saturated heterocycles. The van der Waals surface area contributed by atoms with Crippen molar-refractivity contribution in [1.82, 2.24) is 5.16 Å². The van der Waals surface area contributed by atoms with Crippen molar-refractivity contribution in [1.29, 1.82) is 0 Å². The van der Waals surface area contributed by atoms with E-state index in [0.717, 1.165) is 0 Å². The summed E-state index contributed by atoms with van der Waals surface area (Å²) in [5.74, 6) is -3.11. The first-order valence-electron chi connectivity index (χ1n) is 4.80. The first-order chi connectivity index (χ1) is 8.61. The molecule has 0 atom stereocenters. The van der Waals surface area contributed by atoms with Crippen molar-refractivity contribution < 1.29 is 37.1 Å². The number of nitrogens with zero attached hydrogens (tertiary/aromatic N) is 1. The zero-order valence-corrected chi connectivity index (χ0v) is 9.95. The number of ether oxygens (including phenoxy) is 1. The summed E-state index contributed by atoms with van der Waals surface area (Å²) < 4.78 is 41.0. The summed E-state index contributed by atoms with van der Waals surface area (Å²) in [5, 5.41) is 10.6. The van der Waals surface area contributed by atoms with Crippen molar-refractivity contribution in [2.45, 2.75) is 20.0 Å². The summed E-state index contributed by atoms with van der Waals surface area (Å²) in [5.41, 5.74) is 6.01. The molecule has 0 aliphatic carbocycles. The summed E-state index contributed by atoms with van der Waals surface area (Å²) in [4.78, 5) is 20.0. The molecule has 1 rings (SSSR count). The Kier molecular flexibility index (Phi) is 5.83. The average Bonchev–Trinajstić information content (AvgIpc) is 2.59. The molecule has 10 heteroatoms. The Balaban J connectivity index is 0.000000399. The van der Waals surface area contributed by atoms with Crippen LogP contribution in [0.15, 0.2) is 4.52 Å². The van der Waals surface area contributed by atoms with Crippen LogP contribution in [0.2, 0.25) is 0 Å². The number of aliphatic carboxylic acids is 1. The maximum atomic E-state index is 11.1. The van der Waals surface area contributed by atoms with Gasteiger partial charge in [0.05, 0.1) is 6.61 Å². The molecule has 0 unspecified atom stereocenters. The molecule has 3 N–H and O–H groups in total. The number of carboxylic acid groups (broad SMARTS) is 1. The molecule has 0 amide bonds. The molecule has 0 spiro atoms. The first kappa shape index (κ1) is 16.7. The number of carboxylic acids is 1. The Bertz CT molecular complexity index is 455. The molecule has 1 aromatic heterocycles. The van der Waals surface area contributed by atoms with E-state index >= 15 is 0 Å². The average molecular weight is 284 g/mol. The number of nitrogens with two attached hydrogens (primary N) is 1. The molecule has 1 aromatic rings. The number of nitrogen functional groups attached to an aromatic ring is 1. The Hall–Kier alpha value is -2.26. The third-order valence-corrected chi connectivity index (χ3v) is 1.67. The van der Waals surface area contributed by atoms with Crippen LogP contribution in [0.4, 0.5) is 19.1 Å². The van der Waals surface area contributed by atoms with E-state index in [0.29, 0.717) is 12.2 Å². The van der Waals surface area contributed by atoms with Crippen LogP contribution in [-0.4, -0.2) is 35.0 Å². The molecule has 0 radical (unpaired) electrons. The van der Waals surface area contributed by atoms with Crippen LogP contribution < -0.4 is 5.73 Å². The lowest BCUT2D eigenvalue weighted by molar-refractivity contribution is -0.192. The molecule has 0 bridgehead atoms. The fourth-order valence-corrected chi connectivity index (χ4v) is 0.738. The second-order valence-electron chi connectivity index (χ2n) is 3.04. The van der Waals surface area contributed by atoms with Crippen LogP contribution in [0.1, 0.15) is 23.0 Å². The highest BCUT2D eigenvalue weighted by atomic mass is 19.4. The number of anilines is 1. The van der Waals surface area contributed by atoms with E-state index < -0.39 is 18.1 Å². The quantitative estimate of drug-likeness (QED) is 0.788. The highest BCUT2D eigenvalue weighted by Gasteiger charge is 2.38. The number of halogens is 3. The molecule has 0 aliphatic rings. The highest BCUT2D eigenvalue weighted by molar-refractivity contribution is 5.89. The van der Waals surface area contributed by atoms with E-state index in [9.17, 15) is 18.0 Å². The highest BCUT2D eigenvalue weighted by Crippen LogP contribution is 2.15. The van der Waals surface area contributed by atoms with Gasteiger partial charge in [-0.05, 0) is 13.8 Å². The molecule has 1 heterocycles. The van der Waals surface area contributed by atoms with Crippen molar-refractivity contribution in [3.63, 3.8) is 0 Å². The molecule has 19 heavy (non-hydrogen) atoms. The number of aromatic nitrogens is 1. The summed E-state index contributed by atoms with van der Waals surface area (Å²) in [6.45, 7) is 3.68. The van der Waals surface area contributed by atoms with Crippen LogP contribution in [-0.2, 0) is 9.53 Å². The van der Waals surface area contributed by atoms with Gasteiger partial charge >= 0.3 is 18.1 Å². The van der Waals surface area contributed by atoms with Gasteiger partial charge in [-0.15, -0.1) is 0 Å². The summed E-state index contributed by atoms with van der Waals surface area (Å²) in [6, 6.07) is 0. The Morgan fingerprint density at radius 1 is 1.47 bits per heavy atom. The molecular formula is C9H11F3N2O5. The third-order valence-electron chi connectivity index (χ3n) is 1.67. The first-order valence-corrected chi connectivity index (χ1v) is 4.80. The zero-order chi connectivity index (χ0) is 15.2. The lowest BCUT2D eigenvalue weighted by Crippen LogP contribution is -2.21. The molecule has 108 valence electrons. The van der Waals surface area contributed by atoms with Gasteiger partial charge in [0.1, 0.15) is 0 Å². The predicted molar refractivity (Wildman–Crippen MR) is 55.3 cm³/mol. The molecule has 0 aliphatic heterocycles. The van der Waals surface area contributed by atoms with E-state index in [4.69, 9.17) is 20.4 Å². The van der Waals surface area contributed by atoms with Crippen LogP contribution in [0.3, 0.4) is 0 Å². The van der Waals surface area contributed by atoms with E-state index in [1.807, 2.05) is 0 Å². The second kappa shape index (κ2) is 6.61. The summed E-state index contributed by atoms with van der Waals surface area (Å²) in [6.07, 6.45) is -5.08. The predicted octanol–water partition coefficient (Wildman–Crippen LogP) is 1.38. The van der Waals surface area contributed by atoms with Crippen LogP contribution in [0.5, 0.6) is 0 Å². The van der Waals surface area contributed by atoms with Crippen molar-refractivity contribution >= 4 is 17.8 Å². The number of hydrogen-bond donors (Lipinski definition) is 2. The SMILES string of the molecule is CCOC(=O)c1noc(N)c1C.O=C(O)C(F)(F)F. The number of rotatable bonds is 2. The smallest absolute Gasteiger partial charge is 0.475 e. The second-order valence-corrected chi connectivity index (χ2v) is 3.04. The van der Waals surface area contributed by atoms with E-state index in [1.165, 1.54) is 0 Å². The van der Waals surface area contributed by atoms with Crippen LogP contribution in [0.25, 0.3) is 0 Å². The molecule has 7 nitrogen and oxygen atoms in total. The minimum atomic E-state index is -5.08. The van der Waals surface area contributed by atoms with Crippen LogP contribution >= 0.6 is 0 Å². The fourth-order valence-electron chi connectivity index (χ4n) is 0.738. The Morgan fingerprint density at radius 2 is 1.95 bits per heavy atom. The van der Waals surface area contributed by atoms with E-state index in [2.05, 4.69) is 9.68 Å². The Labute approximate surface area is 105 Å². The number of alkyl halides is 3. The standard InChI is InChI=1S/C7H10N2O3.C2HF3O2/c1-3-11-7(10)5-4(2)6(8)12-9-5;3-2(4,5)1(6)7/h3,8H2,1-2H3;(H,6,7). The zero-order valence-electron chi connectivity index (χ0n) is 9.95. The maximum absolute atomic E-state index is 11.1. The summed E-state index contributed by atoms with van der Waals surface area (Å²) >= 11 is 0. The third kappa shape index (κ3) is 5.27. The van der Waals surface area contributed by atoms with Gasteiger partial charge in [0.15, 0.2) is 5.69 Å². The normalized spacial score (nSPS) is 10.4. The lowest BCUT2D eigenvalue weighted by atomic mass is 10.2. The van der Waals surface area contributed by atoms with E-state index in [-0.39, 0.29) is 11.6 Å². The lowest BCUT2D eigenvalue weighted by Gasteiger charge is -1.96. The van der Waals surface area contributed by atoms with Gasteiger partial charge in [0, 0.05) is 5.56 Å². The van der Waals surface area contributed by atoms with Gasteiger partial charge in [-0.1, -0.05) is 5.16 Å². The van der Waals surface area contributed by atoms with Gasteiger partial charge in [-0.25, -0.2) is 9.59 Å². The minimum absolute atomic E-state index is 0.148. The monoisotopic (exact) mass is 284 g/mol. The van der Waals surface area contributed by atoms with Crippen molar-refractivity contribution in [3.05, 3.63) is 11.3 Å². The topological polar surface area (TPSA) is 116 Å².